The number of aromatic nitrogens is 1. The van der Waals surface area contributed by atoms with Gasteiger partial charge >= 0.3 is 6.18 Å². The number of carbonyl (C=O) groups is 1. The lowest BCUT2D eigenvalue weighted by Crippen LogP contribution is -2.35. The average molecular weight is 291 g/mol. The summed E-state index contributed by atoms with van der Waals surface area (Å²) < 4.78 is 37.4. The monoisotopic (exact) mass is 291 g/mol. The summed E-state index contributed by atoms with van der Waals surface area (Å²) in [6, 6.07) is 2.00. The van der Waals surface area contributed by atoms with Crippen molar-refractivity contribution in [1.29, 1.82) is 0 Å². The molecule has 0 aliphatic carbocycles. The highest BCUT2D eigenvalue weighted by molar-refractivity contribution is 5.75. The van der Waals surface area contributed by atoms with Gasteiger partial charge < -0.3 is 15.2 Å². The third kappa shape index (κ3) is 6.10. The molecule has 4 nitrogen and oxygen atoms in total. The fourth-order valence-corrected chi connectivity index (χ4v) is 1.71. The topological polar surface area (TPSA) is 46.1 Å². The second kappa shape index (κ2) is 7.33. The summed E-state index contributed by atoms with van der Waals surface area (Å²) in [5, 5.41) is 5.14. The third-order valence-electron chi connectivity index (χ3n) is 2.79. The first-order valence-corrected chi connectivity index (χ1v) is 6.54. The van der Waals surface area contributed by atoms with E-state index in [2.05, 4.69) is 12.2 Å². The number of nitrogens with one attached hydrogen (secondary N) is 2. The number of halogens is 3. The Kier molecular flexibility index (Phi) is 6.06. The van der Waals surface area contributed by atoms with Crippen LogP contribution in [0.5, 0.6) is 0 Å². The van der Waals surface area contributed by atoms with Crippen LogP contribution >= 0.6 is 0 Å². The predicted octanol–water partition coefficient (Wildman–Crippen LogP) is 2.23. The van der Waals surface area contributed by atoms with Crippen LogP contribution in [-0.2, 0) is 11.3 Å². The molecule has 0 saturated carbocycles. The summed E-state index contributed by atoms with van der Waals surface area (Å²) in [7, 11) is 0. The molecule has 1 amide bonds. The molecule has 0 fully saturated rings. The molecule has 0 radical (unpaired) electrons. The highest BCUT2D eigenvalue weighted by Crippen LogP contribution is 2.13. The standard InChI is InChI=1S/C13H20F3N3O/c1-3-5-17-10(2)11-4-6-19(7-11)8-12(20)18-9-13(14,15)16/h4,6-7,10,17H,3,5,8-9H2,1-2H3,(H,18,20). The van der Waals surface area contributed by atoms with Gasteiger partial charge in [-0.15, -0.1) is 0 Å². The van der Waals surface area contributed by atoms with Crippen LogP contribution < -0.4 is 10.6 Å². The molecule has 0 aliphatic rings. The number of rotatable bonds is 7. The van der Waals surface area contributed by atoms with Crippen LogP contribution in [0.25, 0.3) is 0 Å². The van der Waals surface area contributed by atoms with Crippen molar-refractivity contribution in [3.8, 4) is 0 Å². The first kappa shape index (κ1) is 16.6. The summed E-state index contributed by atoms with van der Waals surface area (Å²) in [4.78, 5) is 11.4. The average Bonchev–Trinajstić information content (AvgIpc) is 2.81. The smallest absolute Gasteiger partial charge is 0.345 e. The van der Waals surface area contributed by atoms with E-state index in [0.29, 0.717) is 0 Å². The van der Waals surface area contributed by atoms with Crippen molar-refractivity contribution in [1.82, 2.24) is 15.2 Å². The number of amides is 1. The van der Waals surface area contributed by atoms with E-state index in [1.165, 1.54) is 0 Å². The van der Waals surface area contributed by atoms with E-state index in [-0.39, 0.29) is 12.6 Å². The molecule has 1 aromatic rings. The van der Waals surface area contributed by atoms with E-state index in [1.807, 2.05) is 18.3 Å². The molecule has 1 atom stereocenters. The van der Waals surface area contributed by atoms with Gasteiger partial charge in [-0.05, 0) is 31.5 Å². The van der Waals surface area contributed by atoms with Crippen LogP contribution in [0.3, 0.4) is 0 Å². The zero-order valence-corrected chi connectivity index (χ0v) is 11.6. The second-order valence-corrected chi connectivity index (χ2v) is 4.68. The van der Waals surface area contributed by atoms with Crippen molar-refractivity contribution < 1.29 is 18.0 Å². The predicted molar refractivity (Wildman–Crippen MR) is 70.2 cm³/mol. The van der Waals surface area contributed by atoms with Crippen LogP contribution in [0.2, 0.25) is 0 Å². The largest absolute Gasteiger partial charge is 0.405 e. The fourth-order valence-electron chi connectivity index (χ4n) is 1.71. The number of hydrogen-bond acceptors (Lipinski definition) is 2. The number of nitrogens with zero attached hydrogens (tertiary/aromatic N) is 1. The Balaban J connectivity index is 2.45. The van der Waals surface area contributed by atoms with Gasteiger partial charge in [0.15, 0.2) is 0 Å². The minimum Gasteiger partial charge on any atom is -0.345 e. The molecule has 7 heteroatoms. The molecule has 1 aromatic heterocycles. The Morgan fingerprint density at radius 2 is 2.15 bits per heavy atom. The van der Waals surface area contributed by atoms with Gasteiger partial charge in [0.2, 0.25) is 5.91 Å². The first-order valence-electron chi connectivity index (χ1n) is 6.54. The zero-order chi connectivity index (χ0) is 15.2. The number of hydrogen-bond donors (Lipinski definition) is 2. The van der Waals surface area contributed by atoms with E-state index in [4.69, 9.17) is 0 Å². The Bertz CT molecular complexity index is 429. The van der Waals surface area contributed by atoms with Gasteiger partial charge in [-0.2, -0.15) is 13.2 Å². The maximum absolute atomic E-state index is 12.0. The summed E-state index contributed by atoms with van der Waals surface area (Å²) in [5.41, 5.74) is 1.00. The lowest BCUT2D eigenvalue weighted by Gasteiger charge is -2.11. The molecule has 20 heavy (non-hydrogen) atoms. The molecule has 1 rings (SSSR count). The molecule has 1 heterocycles. The molecule has 0 aromatic carbocycles. The van der Waals surface area contributed by atoms with E-state index < -0.39 is 18.6 Å². The van der Waals surface area contributed by atoms with Gasteiger partial charge in [0.05, 0.1) is 0 Å². The maximum Gasteiger partial charge on any atom is 0.405 e. The summed E-state index contributed by atoms with van der Waals surface area (Å²) >= 11 is 0. The molecular weight excluding hydrogens is 271 g/mol. The Labute approximate surface area is 116 Å². The number of alkyl halides is 3. The molecule has 0 saturated heterocycles. The molecular formula is C13H20F3N3O. The Hall–Kier alpha value is -1.50. The summed E-state index contributed by atoms with van der Waals surface area (Å²) in [6.45, 7) is 3.54. The number of carbonyl (C=O) groups excluding carboxylic acids is 1. The lowest BCUT2D eigenvalue weighted by molar-refractivity contribution is -0.138. The van der Waals surface area contributed by atoms with Crippen LogP contribution in [0, 0.1) is 0 Å². The minimum atomic E-state index is -4.38. The normalized spacial score (nSPS) is 13.2. The second-order valence-electron chi connectivity index (χ2n) is 4.68. The lowest BCUT2D eigenvalue weighted by atomic mass is 10.2. The van der Waals surface area contributed by atoms with Crippen molar-refractivity contribution in [3.63, 3.8) is 0 Å². The van der Waals surface area contributed by atoms with E-state index in [0.717, 1.165) is 18.5 Å². The maximum atomic E-state index is 12.0. The van der Waals surface area contributed by atoms with E-state index >= 15 is 0 Å². The van der Waals surface area contributed by atoms with Crippen molar-refractivity contribution in [2.75, 3.05) is 13.1 Å². The Morgan fingerprint density at radius 1 is 1.45 bits per heavy atom. The highest BCUT2D eigenvalue weighted by atomic mass is 19.4. The minimum absolute atomic E-state index is 0.115. The van der Waals surface area contributed by atoms with Gasteiger partial charge in [0.25, 0.3) is 0 Å². The zero-order valence-electron chi connectivity index (χ0n) is 11.6. The van der Waals surface area contributed by atoms with Crippen LogP contribution in [0.4, 0.5) is 13.2 Å². The van der Waals surface area contributed by atoms with Gasteiger partial charge in [0, 0.05) is 18.4 Å². The summed E-state index contributed by atoms with van der Waals surface area (Å²) in [6.07, 6.45) is 0.0914. The molecule has 0 bridgehead atoms. The van der Waals surface area contributed by atoms with Crippen LogP contribution in [0.15, 0.2) is 18.5 Å². The van der Waals surface area contributed by atoms with Gasteiger partial charge in [0.1, 0.15) is 13.1 Å². The fraction of sp³-hybridized carbons (Fsp3) is 0.615. The molecule has 1 unspecified atom stereocenters. The summed E-state index contributed by atoms with van der Waals surface area (Å²) in [5.74, 6) is -0.654. The van der Waals surface area contributed by atoms with Crippen LogP contribution in [-0.4, -0.2) is 29.7 Å². The molecule has 0 spiro atoms. The van der Waals surface area contributed by atoms with Crippen molar-refractivity contribution >= 4 is 5.91 Å². The van der Waals surface area contributed by atoms with Crippen molar-refractivity contribution in [2.45, 2.75) is 39.0 Å². The first-order chi connectivity index (χ1) is 9.31. The molecule has 0 aliphatic heterocycles. The van der Waals surface area contributed by atoms with Crippen molar-refractivity contribution in [3.05, 3.63) is 24.0 Å². The Morgan fingerprint density at radius 3 is 2.75 bits per heavy atom. The van der Waals surface area contributed by atoms with Gasteiger partial charge in [-0.25, -0.2) is 0 Å². The highest BCUT2D eigenvalue weighted by Gasteiger charge is 2.27. The van der Waals surface area contributed by atoms with Crippen LogP contribution in [0.1, 0.15) is 31.9 Å². The van der Waals surface area contributed by atoms with E-state index in [1.54, 1.807) is 17.0 Å². The SMILES string of the molecule is CCCNC(C)c1ccn(CC(=O)NCC(F)(F)F)c1. The van der Waals surface area contributed by atoms with E-state index in [9.17, 15) is 18.0 Å². The van der Waals surface area contributed by atoms with Crippen molar-refractivity contribution in [2.24, 2.45) is 0 Å². The quantitative estimate of drug-likeness (QED) is 0.809. The van der Waals surface area contributed by atoms with Gasteiger partial charge in [-0.3, -0.25) is 4.79 Å². The molecule has 114 valence electrons. The molecule has 2 N–H and O–H groups in total. The van der Waals surface area contributed by atoms with Gasteiger partial charge in [-0.1, -0.05) is 6.92 Å². The third-order valence-corrected chi connectivity index (χ3v) is 2.79.